The Kier molecular flexibility index (Phi) is 5.83. The third-order valence-corrected chi connectivity index (χ3v) is 3.36. The highest BCUT2D eigenvalue weighted by Crippen LogP contribution is 2.23. The Hall–Kier alpha value is -1.06. The number of benzene rings is 1. The van der Waals surface area contributed by atoms with Crippen molar-refractivity contribution in [2.45, 2.75) is 52.7 Å². The number of aliphatic hydroxyl groups excluding tert-OH is 1. The number of hydrogen-bond acceptors (Lipinski definition) is 3. The van der Waals surface area contributed by atoms with Gasteiger partial charge in [0.1, 0.15) is 5.75 Å². The fourth-order valence-corrected chi connectivity index (χ4v) is 2.35. The van der Waals surface area contributed by atoms with Crippen molar-refractivity contribution in [3.63, 3.8) is 0 Å². The van der Waals surface area contributed by atoms with Gasteiger partial charge in [0, 0.05) is 12.0 Å². The van der Waals surface area contributed by atoms with Crippen LogP contribution in [0.5, 0.6) is 5.75 Å². The highest BCUT2D eigenvalue weighted by Gasteiger charge is 2.25. The first-order valence-corrected chi connectivity index (χ1v) is 7.00. The molecule has 0 saturated carbocycles. The molecule has 0 spiro atoms. The van der Waals surface area contributed by atoms with Gasteiger partial charge < -0.3 is 15.2 Å². The quantitative estimate of drug-likeness (QED) is 0.796. The molecule has 0 radical (unpaired) electrons. The molecule has 0 aliphatic rings. The third-order valence-electron chi connectivity index (χ3n) is 3.36. The van der Waals surface area contributed by atoms with Gasteiger partial charge in [-0.25, -0.2) is 0 Å². The second-order valence-electron chi connectivity index (χ2n) is 5.65. The van der Waals surface area contributed by atoms with Crippen molar-refractivity contribution in [3.05, 3.63) is 29.3 Å². The molecule has 1 rings (SSSR count). The maximum atomic E-state index is 9.51. The summed E-state index contributed by atoms with van der Waals surface area (Å²) in [5.74, 6) is 0.935. The lowest BCUT2D eigenvalue weighted by atomic mass is 9.95. The average Bonchev–Trinajstić information content (AvgIpc) is 2.34. The Labute approximate surface area is 117 Å². The monoisotopic (exact) mass is 265 g/mol. The van der Waals surface area contributed by atoms with Crippen molar-refractivity contribution in [1.29, 1.82) is 0 Å². The zero-order valence-electron chi connectivity index (χ0n) is 12.8. The molecule has 0 amide bonds. The van der Waals surface area contributed by atoms with Crippen LogP contribution in [-0.2, 0) is 0 Å². The molecule has 0 fully saturated rings. The summed E-state index contributed by atoms with van der Waals surface area (Å²) in [6.07, 6.45) is 0.821. The summed E-state index contributed by atoms with van der Waals surface area (Å²) in [6.45, 7) is 11.2. The van der Waals surface area contributed by atoms with Crippen LogP contribution in [0, 0.1) is 13.8 Å². The molecular formula is C16H27NO2. The number of hydrogen-bond donors (Lipinski definition) is 2. The molecular weight excluding hydrogens is 238 g/mol. The molecule has 0 aromatic heterocycles. The predicted octanol–water partition coefficient (Wildman–Crippen LogP) is 2.82. The van der Waals surface area contributed by atoms with Crippen LogP contribution in [0.3, 0.4) is 0 Å². The highest BCUT2D eigenvalue weighted by molar-refractivity contribution is 5.36. The number of aryl methyl sites for hydroxylation is 2. The molecule has 0 heterocycles. The van der Waals surface area contributed by atoms with E-state index in [9.17, 15) is 5.11 Å². The molecule has 2 N–H and O–H groups in total. The lowest BCUT2D eigenvalue weighted by Crippen LogP contribution is -2.48. The van der Waals surface area contributed by atoms with Gasteiger partial charge in [-0.3, -0.25) is 0 Å². The predicted molar refractivity (Wildman–Crippen MR) is 79.8 cm³/mol. The summed E-state index contributed by atoms with van der Waals surface area (Å²) in [6, 6.07) is 6.23. The molecule has 1 aromatic carbocycles. The van der Waals surface area contributed by atoms with Crippen LogP contribution in [0.2, 0.25) is 0 Å². The lowest BCUT2D eigenvalue weighted by molar-refractivity contribution is 0.111. The molecule has 19 heavy (non-hydrogen) atoms. The minimum absolute atomic E-state index is 0.0525. The van der Waals surface area contributed by atoms with Gasteiger partial charge in [0.15, 0.2) is 0 Å². The van der Waals surface area contributed by atoms with Crippen LogP contribution in [0.1, 0.15) is 38.3 Å². The maximum Gasteiger partial charge on any atom is 0.122 e. The van der Waals surface area contributed by atoms with Crippen LogP contribution < -0.4 is 10.1 Å². The van der Waals surface area contributed by atoms with Crippen molar-refractivity contribution >= 4 is 0 Å². The molecule has 108 valence electrons. The van der Waals surface area contributed by atoms with E-state index in [0.29, 0.717) is 0 Å². The van der Waals surface area contributed by atoms with E-state index >= 15 is 0 Å². The largest absolute Gasteiger partial charge is 0.490 e. The van der Waals surface area contributed by atoms with Crippen LogP contribution in [-0.4, -0.2) is 29.9 Å². The van der Waals surface area contributed by atoms with Gasteiger partial charge in [-0.2, -0.15) is 0 Å². The van der Waals surface area contributed by atoms with Crippen LogP contribution in [0.4, 0.5) is 0 Å². The Morgan fingerprint density at radius 2 is 2.05 bits per heavy atom. The minimum Gasteiger partial charge on any atom is -0.490 e. The Balaban J connectivity index is 2.68. The molecule has 2 atom stereocenters. The molecule has 0 bridgehead atoms. The number of ether oxygens (including phenoxy) is 1. The van der Waals surface area contributed by atoms with Crippen LogP contribution in [0.15, 0.2) is 18.2 Å². The van der Waals surface area contributed by atoms with Gasteiger partial charge >= 0.3 is 0 Å². The normalized spacial score (nSPS) is 15.9. The summed E-state index contributed by atoms with van der Waals surface area (Å²) in [7, 11) is 0. The molecule has 3 nitrogen and oxygen atoms in total. The average molecular weight is 265 g/mol. The van der Waals surface area contributed by atoms with Gasteiger partial charge in [-0.15, -0.1) is 0 Å². The molecule has 0 aliphatic carbocycles. The Bertz CT molecular complexity index is 406. The van der Waals surface area contributed by atoms with Crippen LogP contribution in [0.25, 0.3) is 0 Å². The van der Waals surface area contributed by atoms with E-state index in [2.05, 4.69) is 37.4 Å². The number of aliphatic hydroxyl groups is 1. The van der Waals surface area contributed by atoms with Crippen molar-refractivity contribution in [1.82, 2.24) is 5.32 Å². The van der Waals surface area contributed by atoms with Gasteiger partial charge in [0.05, 0.1) is 12.7 Å². The standard InChI is InChI=1S/C16H27NO2/c1-6-17-16(5,11-18)10-14(4)19-15-9-12(2)7-8-13(15)3/h7-9,14,17-18H,6,10-11H2,1-5H3. The van der Waals surface area contributed by atoms with E-state index in [1.807, 2.05) is 20.8 Å². The van der Waals surface area contributed by atoms with Gasteiger partial charge in [0.2, 0.25) is 0 Å². The van der Waals surface area contributed by atoms with Crippen molar-refractivity contribution in [2.75, 3.05) is 13.2 Å². The zero-order chi connectivity index (χ0) is 14.5. The van der Waals surface area contributed by atoms with Crippen molar-refractivity contribution in [2.24, 2.45) is 0 Å². The first-order valence-electron chi connectivity index (χ1n) is 7.00. The topological polar surface area (TPSA) is 41.5 Å². The lowest BCUT2D eigenvalue weighted by Gasteiger charge is -2.31. The first kappa shape index (κ1) is 16.0. The van der Waals surface area contributed by atoms with Crippen molar-refractivity contribution in [3.8, 4) is 5.75 Å². The zero-order valence-corrected chi connectivity index (χ0v) is 12.8. The smallest absolute Gasteiger partial charge is 0.122 e. The van der Waals surface area contributed by atoms with Gasteiger partial charge in [-0.05, 0) is 51.4 Å². The van der Waals surface area contributed by atoms with E-state index in [-0.39, 0.29) is 18.2 Å². The summed E-state index contributed by atoms with van der Waals surface area (Å²) < 4.78 is 6.02. The fourth-order valence-electron chi connectivity index (χ4n) is 2.35. The van der Waals surface area contributed by atoms with Gasteiger partial charge in [-0.1, -0.05) is 19.1 Å². The van der Waals surface area contributed by atoms with Crippen molar-refractivity contribution < 1.29 is 9.84 Å². The highest BCUT2D eigenvalue weighted by atomic mass is 16.5. The number of likely N-dealkylation sites (N-methyl/N-ethyl adjacent to an activating group) is 1. The summed E-state index contributed by atoms with van der Waals surface area (Å²) in [4.78, 5) is 0. The van der Waals surface area contributed by atoms with Crippen LogP contribution >= 0.6 is 0 Å². The fraction of sp³-hybridized carbons (Fsp3) is 0.625. The second-order valence-corrected chi connectivity index (χ2v) is 5.65. The number of nitrogens with one attached hydrogen (secondary N) is 1. The SMILES string of the molecule is CCNC(C)(CO)CC(C)Oc1cc(C)ccc1C. The Morgan fingerprint density at radius 1 is 1.37 bits per heavy atom. The molecule has 0 aliphatic heterocycles. The maximum absolute atomic E-state index is 9.51. The summed E-state index contributed by atoms with van der Waals surface area (Å²) in [5.41, 5.74) is 2.06. The van der Waals surface area contributed by atoms with E-state index in [0.717, 1.165) is 24.3 Å². The minimum atomic E-state index is -0.286. The Morgan fingerprint density at radius 3 is 2.63 bits per heavy atom. The second kappa shape index (κ2) is 6.92. The summed E-state index contributed by atoms with van der Waals surface area (Å²) >= 11 is 0. The van der Waals surface area contributed by atoms with E-state index < -0.39 is 0 Å². The van der Waals surface area contributed by atoms with E-state index in [4.69, 9.17) is 4.74 Å². The molecule has 3 heteroatoms. The van der Waals surface area contributed by atoms with Gasteiger partial charge in [0.25, 0.3) is 0 Å². The van der Waals surface area contributed by atoms with E-state index in [1.165, 1.54) is 5.56 Å². The molecule has 2 unspecified atom stereocenters. The number of rotatable bonds is 7. The molecule has 1 aromatic rings. The van der Waals surface area contributed by atoms with E-state index in [1.54, 1.807) is 0 Å². The first-order chi connectivity index (χ1) is 8.90. The third kappa shape index (κ3) is 4.84. The molecule has 0 saturated heterocycles. The summed E-state index contributed by atoms with van der Waals surface area (Å²) in [5, 5.41) is 12.8.